The molecular weight excluding hydrogens is 344 g/mol. The van der Waals surface area contributed by atoms with Gasteiger partial charge >= 0.3 is 0 Å². The molecule has 2 aliphatic rings. The van der Waals surface area contributed by atoms with Gasteiger partial charge in [0.15, 0.2) is 0 Å². The van der Waals surface area contributed by atoms with Crippen LogP contribution in [0.2, 0.25) is 0 Å². The summed E-state index contributed by atoms with van der Waals surface area (Å²) in [5.74, 6) is 0.394. The van der Waals surface area contributed by atoms with Gasteiger partial charge in [-0.2, -0.15) is 0 Å². The van der Waals surface area contributed by atoms with Crippen molar-refractivity contribution in [2.75, 3.05) is 11.9 Å². The van der Waals surface area contributed by atoms with E-state index in [0.717, 1.165) is 54.8 Å². The number of hydrogen-bond acceptors (Lipinski definition) is 3. The minimum Gasteiger partial charge on any atom is -0.333 e. The number of amides is 2. The first-order chi connectivity index (χ1) is 12.7. The van der Waals surface area contributed by atoms with Crippen LogP contribution >= 0.6 is 11.3 Å². The molecule has 1 aromatic carbocycles. The number of carbonyl (C=O) groups is 2. The quantitative estimate of drug-likeness (QED) is 0.869. The highest BCUT2D eigenvalue weighted by molar-refractivity contribution is 7.12. The van der Waals surface area contributed by atoms with Gasteiger partial charge in [-0.05, 0) is 54.0 Å². The molecule has 0 radical (unpaired) electrons. The number of hydrogen-bond donors (Lipinski definition) is 1. The number of nitrogens with one attached hydrogen (secondary N) is 1. The molecule has 4 nitrogen and oxygen atoms in total. The number of benzene rings is 1. The number of thiophene rings is 1. The smallest absolute Gasteiger partial charge is 0.264 e. The Balaban J connectivity index is 1.45. The molecule has 1 aliphatic heterocycles. The summed E-state index contributed by atoms with van der Waals surface area (Å²) in [6.45, 7) is 1.36. The van der Waals surface area contributed by atoms with Gasteiger partial charge < -0.3 is 10.2 Å². The molecule has 26 heavy (non-hydrogen) atoms. The maximum Gasteiger partial charge on any atom is 0.264 e. The molecule has 0 saturated heterocycles. The second kappa shape index (κ2) is 7.62. The highest BCUT2D eigenvalue weighted by Gasteiger charge is 2.24. The summed E-state index contributed by atoms with van der Waals surface area (Å²) < 4.78 is 0. The normalized spacial score (nSPS) is 17.6. The van der Waals surface area contributed by atoms with E-state index in [0.29, 0.717) is 6.54 Å². The minimum absolute atomic E-state index is 0.0993. The van der Waals surface area contributed by atoms with E-state index >= 15 is 0 Å². The number of fused-ring (bicyclic) bond motifs is 1. The molecule has 0 bridgehead atoms. The standard InChI is InChI=1S/C21H24N2O2S/c24-20(16-5-2-1-3-6-16)22-18-9-8-15-10-11-23(14-17(15)13-18)21(25)19-7-4-12-26-19/h4,7-9,12-13,16H,1-3,5-6,10-11,14H2,(H,22,24). The molecule has 136 valence electrons. The zero-order valence-corrected chi connectivity index (χ0v) is 15.7. The zero-order chi connectivity index (χ0) is 17.9. The van der Waals surface area contributed by atoms with Crippen LogP contribution in [0.4, 0.5) is 5.69 Å². The Morgan fingerprint density at radius 1 is 1.08 bits per heavy atom. The molecule has 1 aliphatic carbocycles. The Morgan fingerprint density at radius 2 is 1.92 bits per heavy atom. The van der Waals surface area contributed by atoms with Crippen LogP contribution in [-0.2, 0) is 17.8 Å². The first-order valence-electron chi connectivity index (χ1n) is 9.46. The largest absolute Gasteiger partial charge is 0.333 e. The van der Waals surface area contributed by atoms with Crippen LogP contribution in [-0.4, -0.2) is 23.3 Å². The second-order valence-electron chi connectivity index (χ2n) is 7.26. The Morgan fingerprint density at radius 3 is 2.69 bits per heavy atom. The predicted octanol–water partition coefficient (Wildman–Crippen LogP) is 4.47. The number of carbonyl (C=O) groups excluding carboxylic acids is 2. The van der Waals surface area contributed by atoms with Crippen LogP contribution in [0.1, 0.15) is 52.9 Å². The highest BCUT2D eigenvalue weighted by Crippen LogP contribution is 2.27. The third-order valence-electron chi connectivity index (χ3n) is 5.48. The molecular formula is C21H24N2O2S. The maximum atomic E-state index is 12.6. The SMILES string of the molecule is O=C(Nc1ccc2c(c1)CN(C(=O)c1cccs1)CC2)C1CCCCC1. The van der Waals surface area contributed by atoms with Crippen molar-refractivity contribution in [3.63, 3.8) is 0 Å². The van der Waals surface area contributed by atoms with Gasteiger partial charge in [0.05, 0.1) is 4.88 Å². The van der Waals surface area contributed by atoms with E-state index in [9.17, 15) is 9.59 Å². The summed E-state index contributed by atoms with van der Waals surface area (Å²) >= 11 is 1.49. The van der Waals surface area contributed by atoms with Gasteiger partial charge in [-0.15, -0.1) is 11.3 Å². The molecule has 2 heterocycles. The van der Waals surface area contributed by atoms with Crippen LogP contribution in [0, 0.1) is 5.92 Å². The van der Waals surface area contributed by atoms with Crippen LogP contribution in [0.5, 0.6) is 0 Å². The van der Waals surface area contributed by atoms with Gasteiger partial charge in [0.2, 0.25) is 5.91 Å². The van der Waals surface area contributed by atoms with Gasteiger partial charge in [-0.3, -0.25) is 9.59 Å². The number of nitrogens with zero attached hydrogens (tertiary/aromatic N) is 1. The van der Waals surface area contributed by atoms with E-state index in [4.69, 9.17) is 0 Å². The summed E-state index contributed by atoms with van der Waals surface area (Å²) in [5.41, 5.74) is 3.27. The third kappa shape index (κ3) is 3.68. The first-order valence-corrected chi connectivity index (χ1v) is 10.3. The van der Waals surface area contributed by atoms with Gasteiger partial charge in [0.1, 0.15) is 0 Å². The van der Waals surface area contributed by atoms with Crippen molar-refractivity contribution in [2.45, 2.75) is 45.1 Å². The monoisotopic (exact) mass is 368 g/mol. The van der Waals surface area contributed by atoms with E-state index in [-0.39, 0.29) is 17.7 Å². The molecule has 1 fully saturated rings. The van der Waals surface area contributed by atoms with E-state index in [2.05, 4.69) is 11.4 Å². The maximum absolute atomic E-state index is 12.6. The predicted molar refractivity (Wildman–Crippen MR) is 104 cm³/mol. The minimum atomic E-state index is 0.0993. The Hall–Kier alpha value is -2.14. The lowest BCUT2D eigenvalue weighted by Gasteiger charge is -2.29. The summed E-state index contributed by atoms with van der Waals surface area (Å²) in [6.07, 6.45) is 6.42. The van der Waals surface area contributed by atoms with Crippen molar-refractivity contribution in [1.29, 1.82) is 0 Å². The average Bonchev–Trinajstić information content (AvgIpc) is 3.22. The summed E-state index contributed by atoms with van der Waals surface area (Å²) in [5, 5.41) is 5.03. The summed E-state index contributed by atoms with van der Waals surface area (Å²) in [6, 6.07) is 9.93. The fourth-order valence-electron chi connectivity index (χ4n) is 3.97. The first kappa shape index (κ1) is 17.3. The number of anilines is 1. The zero-order valence-electron chi connectivity index (χ0n) is 14.9. The molecule has 0 spiro atoms. The topological polar surface area (TPSA) is 49.4 Å². The summed E-state index contributed by atoms with van der Waals surface area (Å²) in [4.78, 5) is 27.8. The van der Waals surface area contributed by atoms with Crippen molar-refractivity contribution < 1.29 is 9.59 Å². The average molecular weight is 369 g/mol. The fourth-order valence-corrected chi connectivity index (χ4v) is 4.66. The Bertz CT molecular complexity index is 794. The molecule has 1 aromatic heterocycles. The molecule has 0 unspecified atom stereocenters. The lowest BCUT2D eigenvalue weighted by Crippen LogP contribution is -2.35. The van der Waals surface area contributed by atoms with E-state index in [1.165, 1.54) is 23.3 Å². The number of rotatable bonds is 3. The molecule has 1 saturated carbocycles. The molecule has 4 rings (SSSR count). The van der Waals surface area contributed by atoms with Crippen LogP contribution in [0.15, 0.2) is 35.7 Å². The highest BCUT2D eigenvalue weighted by atomic mass is 32.1. The molecule has 2 aromatic rings. The lowest BCUT2D eigenvalue weighted by molar-refractivity contribution is -0.120. The lowest BCUT2D eigenvalue weighted by atomic mass is 9.88. The van der Waals surface area contributed by atoms with Gasteiger partial charge in [-0.1, -0.05) is 31.4 Å². The van der Waals surface area contributed by atoms with Crippen molar-refractivity contribution in [3.8, 4) is 0 Å². The Kier molecular flexibility index (Phi) is 5.07. The fraction of sp³-hybridized carbons (Fsp3) is 0.429. The van der Waals surface area contributed by atoms with Crippen LogP contribution < -0.4 is 5.32 Å². The molecule has 0 atom stereocenters. The van der Waals surface area contributed by atoms with Gasteiger partial charge in [0, 0.05) is 24.7 Å². The van der Waals surface area contributed by atoms with Crippen molar-refractivity contribution in [1.82, 2.24) is 4.90 Å². The van der Waals surface area contributed by atoms with Gasteiger partial charge in [0.25, 0.3) is 5.91 Å². The molecule has 5 heteroatoms. The molecule has 1 N–H and O–H groups in total. The second-order valence-corrected chi connectivity index (χ2v) is 8.21. The van der Waals surface area contributed by atoms with Crippen molar-refractivity contribution >= 4 is 28.8 Å². The van der Waals surface area contributed by atoms with Gasteiger partial charge in [-0.25, -0.2) is 0 Å². The van der Waals surface area contributed by atoms with E-state index < -0.39 is 0 Å². The molecule has 2 amide bonds. The Labute approximate surface area is 158 Å². The van der Waals surface area contributed by atoms with E-state index in [1.807, 2.05) is 34.5 Å². The van der Waals surface area contributed by atoms with Crippen molar-refractivity contribution in [3.05, 3.63) is 51.7 Å². The van der Waals surface area contributed by atoms with Crippen LogP contribution in [0.3, 0.4) is 0 Å². The van der Waals surface area contributed by atoms with E-state index in [1.54, 1.807) is 0 Å². The van der Waals surface area contributed by atoms with Crippen LogP contribution in [0.25, 0.3) is 0 Å². The third-order valence-corrected chi connectivity index (χ3v) is 6.34. The summed E-state index contributed by atoms with van der Waals surface area (Å²) in [7, 11) is 0. The van der Waals surface area contributed by atoms with Crippen molar-refractivity contribution in [2.24, 2.45) is 5.92 Å².